The van der Waals surface area contributed by atoms with E-state index in [4.69, 9.17) is 16.0 Å². The SMILES string of the molecule is CO.Nc1ccc2c(c1)C(=O)N(O)C2=O. The van der Waals surface area contributed by atoms with Gasteiger partial charge in [-0.05, 0) is 18.2 Å². The van der Waals surface area contributed by atoms with Crippen LogP contribution in [0.2, 0.25) is 0 Å². The van der Waals surface area contributed by atoms with Crippen molar-refractivity contribution < 1.29 is 19.9 Å². The first-order chi connectivity index (χ1) is 7.11. The van der Waals surface area contributed by atoms with Crippen molar-refractivity contribution in [3.05, 3.63) is 29.3 Å². The molecule has 0 atom stereocenters. The van der Waals surface area contributed by atoms with Crippen molar-refractivity contribution >= 4 is 17.5 Å². The lowest BCUT2D eigenvalue weighted by Gasteiger charge is -1.99. The first-order valence-electron chi connectivity index (χ1n) is 4.03. The number of nitrogen functional groups attached to an aromatic ring is 1. The predicted molar refractivity (Wildman–Crippen MR) is 51.3 cm³/mol. The Hall–Kier alpha value is -1.92. The fourth-order valence-corrected chi connectivity index (χ4v) is 1.25. The smallest absolute Gasteiger partial charge is 0.285 e. The minimum atomic E-state index is -0.729. The molecule has 1 heterocycles. The van der Waals surface area contributed by atoms with Crippen molar-refractivity contribution in [2.24, 2.45) is 0 Å². The topological polar surface area (TPSA) is 104 Å². The Bertz CT molecular complexity index is 417. The zero-order valence-corrected chi connectivity index (χ0v) is 7.97. The first kappa shape index (κ1) is 11.2. The number of fused-ring (bicyclic) bond motifs is 1. The summed E-state index contributed by atoms with van der Waals surface area (Å²) in [5.41, 5.74) is 6.13. The Morgan fingerprint density at radius 3 is 2.27 bits per heavy atom. The van der Waals surface area contributed by atoms with Crippen LogP contribution < -0.4 is 5.73 Å². The van der Waals surface area contributed by atoms with Gasteiger partial charge in [0.05, 0.1) is 11.1 Å². The summed E-state index contributed by atoms with van der Waals surface area (Å²) in [6.45, 7) is 0. The maximum atomic E-state index is 11.2. The van der Waals surface area contributed by atoms with Crippen LogP contribution in [0.5, 0.6) is 0 Å². The number of aliphatic hydroxyl groups excluding tert-OH is 1. The molecule has 0 saturated heterocycles. The lowest BCUT2D eigenvalue weighted by atomic mass is 10.1. The second-order valence-electron chi connectivity index (χ2n) is 2.73. The van der Waals surface area contributed by atoms with Gasteiger partial charge in [0, 0.05) is 12.8 Å². The number of amides is 2. The van der Waals surface area contributed by atoms with Gasteiger partial charge < -0.3 is 10.8 Å². The molecule has 15 heavy (non-hydrogen) atoms. The monoisotopic (exact) mass is 210 g/mol. The summed E-state index contributed by atoms with van der Waals surface area (Å²) >= 11 is 0. The van der Waals surface area contributed by atoms with E-state index in [1.807, 2.05) is 0 Å². The molecule has 80 valence electrons. The van der Waals surface area contributed by atoms with E-state index in [1.165, 1.54) is 18.2 Å². The molecule has 0 saturated carbocycles. The molecule has 0 aromatic heterocycles. The number of imide groups is 1. The van der Waals surface area contributed by atoms with Gasteiger partial charge in [-0.15, -0.1) is 5.06 Å². The molecule has 0 bridgehead atoms. The highest BCUT2D eigenvalue weighted by atomic mass is 16.5. The van der Waals surface area contributed by atoms with Crippen LogP contribution in [0.15, 0.2) is 18.2 Å². The van der Waals surface area contributed by atoms with E-state index in [-0.39, 0.29) is 16.2 Å². The molecular weight excluding hydrogens is 200 g/mol. The largest absolute Gasteiger partial charge is 0.400 e. The van der Waals surface area contributed by atoms with Gasteiger partial charge >= 0.3 is 0 Å². The van der Waals surface area contributed by atoms with Gasteiger partial charge in [0.15, 0.2) is 0 Å². The highest BCUT2D eigenvalue weighted by Crippen LogP contribution is 2.22. The fraction of sp³-hybridized carbons (Fsp3) is 0.111. The van der Waals surface area contributed by atoms with Crippen LogP contribution >= 0.6 is 0 Å². The second-order valence-corrected chi connectivity index (χ2v) is 2.73. The number of carbonyl (C=O) groups excluding carboxylic acids is 2. The third-order valence-electron chi connectivity index (χ3n) is 1.89. The predicted octanol–water partition coefficient (Wildman–Crippen LogP) is -0.138. The van der Waals surface area contributed by atoms with Gasteiger partial charge in [-0.1, -0.05) is 0 Å². The Balaban J connectivity index is 0.000000531. The van der Waals surface area contributed by atoms with Gasteiger partial charge in [0.2, 0.25) is 0 Å². The van der Waals surface area contributed by atoms with Gasteiger partial charge in [0.25, 0.3) is 11.8 Å². The van der Waals surface area contributed by atoms with Crippen molar-refractivity contribution in [3.63, 3.8) is 0 Å². The minimum Gasteiger partial charge on any atom is -0.400 e. The van der Waals surface area contributed by atoms with E-state index < -0.39 is 11.8 Å². The van der Waals surface area contributed by atoms with Crippen LogP contribution in [-0.2, 0) is 0 Å². The fourth-order valence-electron chi connectivity index (χ4n) is 1.25. The Kier molecular flexibility index (Phi) is 3.03. The van der Waals surface area contributed by atoms with Crippen molar-refractivity contribution in [2.75, 3.05) is 12.8 Å². The highest BCUT2D eigenvalue weighted by molar-refractivity contribution is 6.20. The zero-order chi connectivity index (χ0) is 11.6. The standard InChI is InChI=1S/C8H6N2O3.CH4O/c9-4-1-2-5-6(3-4)8(12)10(13)7(5)11;1-2/h1-3,13H,9H2;2H,1H3. The number of hydrogen-bond acceptors (Lipinski definition) is 5. The normalized spacial score (nSPS) is 13.4. The zero-order valence-electron chi connectivity index (χ0n) is 7.97. The van der Waals surface area contributed by atoms with E-state index in [1.54, 1.807) is 0 Å². The Morgan fingerprint density at radius 1 is 1.13 bits per heavy atom. The number of aliphatic hydroxyl groups is 1. The molecule has 6 heteroatoms. The molecule has 4 N–H and O–H groups in total. The molecule has 1 aliphatic heterocycles. The molecule has 0 spiro atoms. The van der Waals surface area contributed by atoms with Gasteiger partial charge in [-0.3, -0.25) is 14.8 Å². The van der Waals surface area contributed by atoms with Crippen molar-refractivity contribution in [3.8, 4) is 0 Å². The maximum absolute atomic E-state index is 11.2. The van der Waals surface area contributed by atoms with Crippen molar-refractivity contribution in [2.45, 2.75) is 0 Å². The second kappa shape index (κ2) is 4.07. The van der Waals surface area contributed by atoms with Crippen LogP contribution in [0.25, 0.3) is 0 Å². The number of benzene rings is 1. The lowest BCUT2D eigenvalue weighted by Crippen LogP contribution is -2.25. The molecule has 2 rings (SSSR count). The van der Waals surface area contributed by atoms with Crippen LogP contribution in [0.1, 0.15) is 20.7 Å². The molecule has 6 nitrogen and oxygen atoms in total. The summed E-state index contributed by atoms with van der Waals surface area (Å²) in [5.74, 6) is -1.44. The maximum Gasteiger partial charge on any atom is 0.285 e. The molecule has 1 aromatic carbocycles. The summed E-state index contributed by atoms with van der Waals surface area (Å²) in [6, 6.07) is 4.29. The summed E-state index contributed by atoms with van der Waals surface area (Å²) < 4.78 is 0. The van der Waals surface area contributed by atoms with E-state index in [2.05, 4.69) is 0 Å². The molecule has 0 fully saturated rings. The number of nitrogens with two attached hydrogens (primary N) is 1. The lowest BCUT2D eigenvalue weighted by molar-refractivity contribution is -0.0327. The van der Waals surface area contributed by atoms with Crippen LogP contribution in [-0.4, -0.2) is 34.3 Å². The number of rotatable bonds is 0. The summed E-state index contributed by atoms with van der Waals surface area (Å²) in [7, 11) is 1.00. The molecule has 2 amide bonds. The van der Waals surface area contributed by atoms with Crippen LogP contribution in [0, 0.1) is 0 Å². The summed E-state index contributed by atoms with van der Waals surface area (Å²) in [4.78, 5) is 22.3. The highest BCUT2D eigenvalue weighted by Gasteiger charge is 2.34. The minimum absolute atomic E-state index is 0.0874. The average molecular weight is 210 g/mol. The summed E-state index contributed by atoms with van der Waals surface area (Å²) in [5, 5.41) is 16.1. The van der Waals surface area contributed by atoms with E-state index in [0.29, 0.717) is 5.69 Å². The van der Waals surface area contributed by atoms with Crippen LogP contribution in [0.3, 0.4) is 0 Å². The van der Waals surface area contributed by atoms with Gasteiger partial charge in [-0.2, -0.15) is 0 Å². The third-order valence-corrected chi connectivity index (χ3v) is 1.89. The van der Waals surface area contributed by atoms with Crippen molar-refractivity contribution in [1.29, 1.82) is 0 Å². The molecule has 0 unspecified atom stereocenters. The number of hydroxylamine groups is 2. The molecule has 1 aromatic rings. The number of carbonyl (C=O) groups is 2. The Labute approximate surface area is 85.5 Å². The number of anilines is 1. The van der Waals surface area contributed by atoms with Crippen molar-refractivity contribution in [1.82, 2.24) is 5.06 Å². The van der Waals surface area contributed by atoms with E-state index >= 15 is 0 Å². The van der Waals surface area contributed by atoms with Gasteiger partial charge in [0.1, 0.15) is 0 Å². The molecule has 0 radical (unpaired) electrons. The third kappa shape index (κ3) is 1.67. The quantitative estimate of drug-likeness (QED) is 0.314. The first-order valence-corrected chi connectivity index (χ1v) is 4.03. The molecule has 1 aliphatic rings. The average Bonchev–Trinajstić information content (AvgIpc) is 2.47. The molecular formula is C9H10N2O4. The van der Waals surface area contributed by atoms with E-state index in [9.17, 15) is 9.59 Å². The van der Waals surface area contributed by atoms with E-state index in [0.717, 1.165) is 7.11 Å². The molecule has 0 aliphatic carbocycles. The number of hydrogen-bond donors (Lipinski definition) is 3. The summed E-state index contributed by atoms with van der Waals surface area (Å²) in [6.07, 6.45) is 0. The van der Waals surface area contributed by atoms with Gasteiger partial charge in [-0.25, -0.2) is 0 Å². The van der Waals surface area contributed by atoms with Crippen LogP contribution in [0.4, 0.5) is 5.69 Å². The number of nitrogens with zero attached hydrogens (tertiary/aromatic N) is 1. The Morgan fingerprint density at radius 2 is 1.67 bits per heavy atom.